The van der Waals surface area contributed by atoms with Crippen molar-refractivity contribution in [3.63, 3.8) is 0 Å². The number of nitrogens with zero attached hydrogens (tertiary/aromatic N) is 4. The van der Waals surface area contributed by atoms with Gasteiger partial charge in [0.1, 0.15) is 17.1 Å². The number of hydrogen-bond donors (Lipinski definition) is 1. The van der Waals surface area contributed by atoms with E-state index in [1.165, 1.54) is 7.11 Å². The fourth-order valence-corrected chi connectivity index (χ4v) is 3.32. The van der Waals surface area contributed by atoms with Gasteiger partial charge in [0.25, 0.3) is 5.56 Å². The molecule has 3 heterocycles. The Morgan fingerprint density at radius 1 is 1.33 bits per heavy atom. The maximum absolute atomic E-state index is 12.0. The molecule has 8 nitrogen and oxygen atoms in total. The molecule has 1 aromatic carbocycles. The molecule has 138 valence electrons. The van der Waals surface area contributed by atoms with Crippen LogP contribution in [0.1, 0.15) is 16.2 Å². The van der Waals surface area contributed by atoms with Crippen LogP contribution in [-0.4, -0.2) is 37.4 Å². The zero-order valence-electron chi connectivity index (χ0n) is 14.7. The van der Waals surface area contributed by atoms with Crippen LogP contribution in [0, 0.1) is 0 Å². The average molecular weight is 386 g/mol. The number of benzene rings is 1. The monoisotopic (exact) mass is 385 g/mol. The van der Waals surface area contributed by atoms with E-state index < -0.39 is 5.97 Å². The Morgan fingerprint density at radius 2 is 2.15 bits per heavy atom. The molecule has 27 heavy (non-hydrogen) atoms. The molecule has 1 N–H and O–H groups in total. The largest absolute Gasteiger partial charge is 0.465 e. The van der Waals surface area contributed by atoms with Gasteiger partial charge < -0.3 is 13.9 Å². The number of aromatic amines is 1. The van der Waals surface area contributed by atoms with E-state index in [4.69, 9.17) is 16.3 Å². The number of fused-ring (bicyclic) bond motifs is 2. The minimum atomic E-state index is -0.543. The van der Waals surface area contributed by atoms with Crippen molar-refractivity contribution in [2.45, 2.75) is 13.0 Å². The van der Waals surface area contributed by atoms with Crippen molar-refractivity contribution >= 4 is 28.6 Å². The fraction of sp³-hybridized carbons (Fsp3) is 0.222. The van der Waals surface area contributed by atoms with Gasteiger partial charge in [0.05, 0.1) is 23.7 Å². The number of aryl methyl sites for hydroxylation is 3. The summed E-state index contributed by atoms with van der Waals surface area (Å²) in [5.41, 5.74) is 2.36. The quantitative estimate of drug-likeness (QED) is 0.544. The Morgan fingerprint density at radius 3 is 2.93 bits per heavy atom. The summed E-state index contributed by atoms with van der Waals surface area (Å²) in [5, 5.41) is 6.93. The van der Waals surface area contributed by atoms with Gasteiger partial charge in [-0.3, -0.25) is 4.79 Å². The highest BCUT2D eigenvalue weighted by molar-refractivity contribution is 6.31. The van der Waals surface area contributed by atoms with Crippen molar-refractivity contribution in [1.82, 2.24) is 24.3 Å². The molecule has 0 bridgehead atoms. The van der Waals surface area contributed by atoms with E-state index in [1.807, 2.05) is 29.8 Å². The van der Waals surface area contributed by atoms with Crippen LogP contribution in [0.4, 0.5) is 0 Å². The van der Waals surface area contributed by atoms with Gasteiger partial charge in [-0.1, -0.05) is 11.6 Å². The van der Waals surface area contributed by atoms with Gasteiger partial charge in [0.2, 0.25) is 0 Å². The molecule has 0 fully saturated rings. The first-order valence-corrected chi connectivity index (χ1v) is 8.63. The van der Waals surface area contributed by atoms with Crippen LogP contribution in [0.15, 0.2) is 35.4 Å². The van der Waals surface area contributed by atoms with Gasteiger partial charge >= 0.3 is 5.97 Å². The molecule has 1 aromatic heterocycles. The van der Waals surface area contributed by atoms with Gasteiger partial charge in [-0.2, -0.15) is 5.10 Å². The van der Waals surface area contributed by atoms with Crippen molar-refractivity contribution in [3.05, 3.63) is 57.4 Å². The number of halogens is 1. The van der Waals surface area contributed by atoms with E-state index in [0.29, 0.717) is 29.2 Å². The molecule has 4 rings (SSSR count). The van der Waals surface area contributed by atoms with E-state index in [0.717, 1.165) is 16.9 Å². The topological polar surface area (TPSA) is 94.8 Å². The lowest BCUT2D eigenvalue weighted by Crippen LogP contribution is -2.13. The Bertz CT molecular complexity index is 1190. The first-order valence-electron chi connectivity index (χ1n) is 8.25. The van der Waals surface area contributed by atoms with Gasteiger partial charge in [0, 0.05) is 37.4 Å². The predicted molar refractivity (Wildman–Crippen MR) is 100 cm³/mol. The number of imidazole rings is 1. The van der Waals surface area contributed by atoms with Crippen molar-refractivity contribution in [2.75, 3.05) is 7.11 Å². The molecular formula is C18H16ClN5O3. The summed E-state index contributed by atoms with van der Waals surface area (Å²) in [4.78, 5) is 28.6. The minimum Gasteiger partial charge on any atom is -0.465 e. The van der Waals surface area contributed by atoms with Gasteiger partial charge in [0.15, 0.2) is 0 Å². The van der Waals surface area contributed by atoms with E-state index in [2.05, 4.69) is 15.2 Å². The minimum absolute atomic E-state index is 0.241. The zero-order valence-corrected chi connectivity index (χ0v) is 15.4. The smallest absolute Gasteiger partial charge is 0.341 e. The van der Waals surface area contributed by atoms with Crippen LogP contribution in [0.2, 0.25) is 5.02 Å². The van der Waals surface area contributed by atoms with Gasteiger partial charge in [-0.15, -0.1) is 0 Å². The number of nitrogens with one attached hydrogen (secondary N) is 1. The number of rotatable bonds is 4. The molecule has 0 aliphatic carbocycles. The number of pyridine rings is 1. The average Bonchev–Trinajstić information content (AvgIpc) is 3.18. The lowest BCUT2D eigenvalue weighted by molar-refractivity contribution is 0.0600. The summed E-state index contributed by atoms with van der Waals surface area (Å²) in [6.45, 7) is 0.523. The van der Waals surface area contributed by atoms with Crippen LogP contribution in [-0.2, 0) is 24.8 Å². The third kappa shape index (κ3) is 2.97. The van der Waals surface area contributed by atoms with Crippen molar-refractivity contribution in [2.24, 2.45) is 7.05 Å². The summed E-state index contributed by atoms with van der Waals surface area (Å²) >= 11 is 6.04. The van der Waals surface area contributed by atoms with Crippen LogP contribution < -0.4 is 5.56 Å². The normalized spacial score (nSPS) is 11.4. The summed E-state index contributed by atoms with van der Waals surface area (Å²) in [6, 6.07) is 5.58. The Balaban J connectivity index is 1.69. The SMILES string of the molecule is COC(=O)c1cn(CCc2nc3cc(Cl)ccc3n2C)cc2c(=O)[nH]nc1-2. The van der Waals surface area contributed by atoms with E-state index >= 15 is 0 Å². The maximum Gasteiger partial charge on any atom is 0.341 e. The molecular weight excluding hydrogens is 370 g/mol. The van der Waals surface area contributed by atoms with E-state index in [-0.39, 0.29) is 11.1 Å². The van der Waals surface area contributed by atoms with E-state index in [1.54, 1.807) is 17.0 Å². The molecule has 2 aliphatic rings. The van der Waals surface area contributed by atoms with Gasteiger partial charge in [-0.25, -0.2) is 14.9 Å². The molecule has 0 spiro atoms. The van der Waals surface area contributed by atoms with Crippen molar-refractivity contribution < 1.29 is 9.53 Å². The third-order valence-electron chi connectivity index (χ3n) is 4.55. The molecule has 0 saturated heterocycles. The number of hydrogen-bond acceptors (Lipinski definition) is 5. The maximum atomic E-state index is 12.0. The third-order valence-corrected chi connectivity index (χ3v) is 4.78. The standard InChI is InChI=1S/C18H16ClN5O3/c1-23-14-4-3-10(19)7-13(14)20-15(23)5-6-24-8-11-16(21-22-17(11)25)12(9-24)18(26)27-2/h3-4,7-9H,5-6H2,1-2H3,(H,22,25). The van der Waals surface area contributed by atoms with Crippen LogP contribution in [0.5, 0.6) is 0 Å². The first-order chi connectivity index (χ1) is 13.0. The second kappa shape index (κ2) is 6.55. The van der Waals surface area contributed by atoms with Crippen molar-refractivity contribution in [3.8, 4) is 11.3 Å². The van der Waals surface area contributed by atoms with Crippen LogP contribution in [0.3, 0.4) is 0 Å². The first kappa shape index (κ1) is 17.3. The Hall–Kier alpha value is -3.13. The van der Waals surface area contributed by atoms with E-state index in [9.17, 15) is 9.59 Å². The van der Waals surface area contributed by atoms with Crippen LogP contribution in [0.25, 0.3) is 22.3 Å². The highest BCUT2D eigenvalue weighted by Crippen LogP contribution is 2.22. The number of esters is 1. The molecule has 0 amide bonds. The number of carbonyl (C=O) groups is 1. The summed E-state index contributed by atoms with van der Waals surface area (Å²) < 4.78 is 8.58. The second-order valence-corrected chi connectivity index (χ2v) is 6.62. The number of methoxy groups -OCH3 is 1. The second-order valence-electron chi connectivity index (χ2n) is 6.19. The molecule has 0 unspecified atom stereocenters. The fourth-order valence-electron chi connectivity index (χ4n) is 3.15. The Kier molecular flexibility index (Phi) is 4.19. The highest BCUT2D eigenvalue weighted by Gasteiger charge is 2.22. The Labute approximate surface area is 158 Å². The molecule has 0 atom stereocenters. The number of carbonyl (C=O) groups excluding carboxylic acids is 1. The molecule has 9 heteroatoms. The molecule has 0 saturated carbocycles. The highest BCUT2D eigenvalue weighted by atomic mass is 35.5. The summed E-state index contributed by atoms with van der Waals surface area (Å²) in [6.07, 6.45) is 3.91. The molecule has 2 aromatic rings. The summed E-state index contributed by atoms with van der Waals surface area (Å²) in [5.74, 6) is 0.326. The lowest BCUT2D eigenvalue weighted by atomic mass is 10.1. The number of H-pyrrole nitrogens is 1. The zero-order chi connectivity index (χ0) is 19.1. The number of aromatic nitrogens is 5. The predicted octanol–water partition coefficient (Wildman–Crippen LogP) is 2.25. The van der Waals surface area contributed by atoms with Crippen molar-refractivity contribution in [1.29, 1.82) is 0 Å². The lowest BCUT2D eigenvalue weighted by Gasteiger charge is -2.11. The summed E-state index contributed by atoms with van der Waals surface area (Å²) in [7, 11) is 3.24. The number of ether oxygens (including phenoxy) is 1. The van der Waals surface area contributed by atoms with Crippen LogP contribution >= 0.6 is 11.6 Å². The molecule has 2 aliphatic heterocycles. The van der Waals surface area contributed by atoms with Gasteiger partial charge in [-0.05, 0) is 18.2 Å². The molecule has 0 radical (unpaired) electrons.